The van der Waals surface area contributed by atoms with E-state index in [1.807, 2.05) is 0 Å². The van der Waals surface area contributed by atoms with Crippen LogP contribution in [-0.2, 0) is 4.79 Å². The number of halogens is 1. The fourth-order valence-electron chi connectivity index (χ4n) is 3.45. The van der Waals surface area contributed by atoms with Crippen molar-refractivity contribution < 1.29 is 4.79 Å². The van der Waals surface area contributed by atoms with Crippen LogP contribution in [0.25, 0.3) is 0 Å². The Morgan fingerprint density at radius 2 is 2.17 bits per heavy atom. The van der Waals surface area contributed by atoms with Gasteiger partial charge in [-0.2, -0.15) is 0 Å². The minimum atomic E-state index is 0. The van der Waals surface area contributed by atoms with Gasteiger partial charge in [-0.05, 0) is 58.0 Å². The number of hydrogen-bond acceptors (Lipinski definition) is 2. The van der Waals surface area contributed by atoms with E-state index in [2.05, 4.69) is 31.0 Å². The van der Waals surface area contributed by atoms with Crippen molar-refractivity contribution >= 4 is 18.3 Å². The molecule has 0 bridgehead atoms. The highest BCUT2D eigenvalue weighted by Gasteiger charge is 2.38. The lowest BCUT2D eigenvalue weighted by atomic mass is 9.97. The number of carbonyl (C=O) groups is 1. The first-order valence-electron chi connectivity index (χ1n) is 7.00. The van der Waals surface area contributed by atoms with Crippen molar-refractivity contribution in [1.82, 2.24) is 10.2 Å². The molecule has 2 atom stereocenters. The van der Waals surface area contributed by atoms with E-state index < -0.39 is 0 Å². The second-order valence-corrected chi connectivity index (χ2v) is 6.52. The predicted molar refractivity (Wildman–Crippen MR) is 77.0 cm³/mol. The molecule has 2 saturated heterocycles. The third kappa shape index (κ3) is 3.61. The van der Waals surface area contributed by atoms with Crippen LogP contribution in [0.1, 0.15) is 46.5 Å². The van der Waals surface area contributed by atoms with Gasteiger partial charge in [-0.1, -0.05) is 6.92 Å². The number of nitrogens with zero attached hydrogens (tertiary/aromatic N) is 1. The highest BCUT2D eigenvalue weighted by Crippen LogP contribution is 2.33. The van der Waals surface area contributed by atoms with Gasteiger partial charge in [0.05, 0.1) is 0 Å². The first kappa shape index (κ1) is 15.8. The summed E-state index contributed by atoms with van der Waals surface area (Å²) in [5, 5.41) is 3.36. The Morgan fingerprint density at radius 3 is 2.67 bits per heavy atom. The Kier molecular flexibility index (Phi) is 5.47. The van der Waals surface area contributed by atoms with E-state index in [-0.39, 0.29) is 17.9 Å². The molecule has 1 N–H and O–H groups in total. The summed E-state index contributed by atoms with van der Waals surface area (Å²) in [4.78, 5) is 14.4. The van der Waals surface area contributed by atoms with Gasteiger partial charge in [0, 0.05) is 18.5 Å². The number of hydrogen-bond donors (Lipinski definition) is 1. The number of amides is 1. The Bertz CT molecular complexity index is 288. The second kappa shape index (κ2) is 6.25. The molecule has 0 radical (unpaired) electrons. The average molecular weight is 275 g/mol. The van der Waals surface area contributed by atoms with Gasteiger partial charge < -0.3 is 10.2 Å². The quantitative estimate of drug-likeness (QED) is 0.857. The van der Waals surface area contributed by atoms with Crippen LogP contribution in [0.3, 0.4) is 0 Å². The molecule has 2 fully saturated rings. The lowest BCUT2D eigenvalue weighted by Gasteiger charge is -2.32. The molecular formula is C14H27ClN2O. The van der Waals surface area contributed by atoms with E-state index in [1.165, 1.54) is 6.42 Å². The molecule has 3 nitrogen and oxygen atoms in total. The van der Waals surface area contributed by atoms with Gasteiger partial charge in [-0.15, -0.1) is 12.4 Å². The molecule has 2 heterocycles. The smallest absolute Gasteiger partial charge is 0.223 e. The molecule has 0 saturated carbocycles. The van der Waals surface area contributed by atoms with E-state index in [1.54, 1.807) is 0 Å². The Labute approximate surface area is 117 Å². The largest absolute Gasteiger partial charge is 0.337 e. The lowest BCUT2D eigenvalue weighted by molar-refractivity contribution is -0.134. The summed E-state index contributed by atoms with van der Waals surface area (Å²) in [6, 6.07) is 0. The maximum atomic E-state index is 12.3. The summed E-state index contributed by atoms with van der Waals surface area (Å²) in [6.07, 6.45) is 4.19. The Morgan fingerprint density at radius 1 is 1.44 bits per heavy atom. The predicted octanol–water partition coefficient (Wildman–Crippen LogP) is 2.44. The van der Waals surface area contributed by atoms with E-state index in [9.17, 15) is 4.79 Å². The summed E-state index contributed by atoms with van der Waals surface area (Å²) in [7, 11) is 0. The van der Waals surface area contributed by atoms with Crippen molar-refractivity contribution in [3.8, 4) is 0 Å². The average Bonchev–Trinajstić information content (AvgIpc) is 2.82. The van der Waals surface area contributed by atoms with Crippen LogP contribution >= 0.6 is 12.4 Å². The van der Waals surface area contributed by atoms with Crippen molar-refractivity contribution in [3.63, 3.8) is 0 Å². The van der Waals surface area contributed by atoms with Gasteiger partial charge in [0.15, 0.2) is 0 Å². The molecule has 0 spiro atoms. The topological polar surface area (TPSA) is 32.3 Å². The van der Waals surface area contributed by atoms with Crippen molar-refractivity contribution in [2.75, 3.05) is 19.6 Å². The monoisotopic (exact) mass is 274 g/mol. The normalized spacial score (nSPS) is 30.3. The highest BCUT2D eigenvalue weighted by molar-refractivity contribution is 5.85. The van der Waals surface area contributed by atoms with Gasteiger partial charge in [0.1, 0.15) is 0 Å². The van der Waals surface area contributed by atoms with Gasteiger partial charge >= 0.3 is 0 Å². The molecule has 2 rings (SSSR count). The standard InChI is InChI=1S/C14H26N2O.ClH/c1-11-8-14(2,3)16(10-11)13(17)5-4-12-6-7-15-9-12;/h11-12,15H,4-10H2,1-3H3;1H. The molecular weight excluding hydrogens is 248 g/mol. The van der Waals surface area contributed by atoms with Crippen LogP contribution in [0.15, 0.2) is 0 Å². The summed E-state index contributed by atoms with van der Waals surface area (Å²) >= 11 is 0. The van der Waals surface area contributed by atoms with Crippen molar-refractivity contribution in [2.45, 2.75) is 52.0 Å². The Balaban J connectivity index is 0.00000162. The fourth-order valence-corrected chi connectivity index (χ4v) is 3.45. The lowest BCUT2D eigenvalue weighted by Crippen LogP contribution is -2.42. The highest BCUT2D eigenvalue weighted by atomic mass is 35.5. The zero-order valence-corrected chi connectivity index (χ0v) is 12.7. The van der Waals surface area contributed by atoms with Crippen LogP contribution in [-0.4, -0.2) is 36.0 Å². The number of carbonyl (C=O) groups excluding carboxylic acids is 1. The molecule has 0 aromatic rings. The zero-order chi connectivity index (χ0) is 12.5. The van der Waals surface area contributed by atoms with E-state index in [4.69, 9.17) is 0 Å². The molecule has 2 aliphatic heterocycles. The first-order chi connectivity index (χ1) is 7.99. The molecule has 106 valence electrons. The van der Waals surface area contributed by atoms with E-state index in [0.29, 0.717) is 11.8 Å². The third-order valence-electron chi connectivity index (χ3n) is 4.30. The van der Waals surface area contributed by atoms with Crippen molar-refractivity contribution in [1.29, 1.82) is 0 Å². The van der Waals surface area contributed by atoms with Crippen molar-refractivity contribution in [3.05, 3.63) is 0 Å². The molecule has 2 aliphatic rings. The molecule has 1 amide bonds. The number of nitrogens with one attached hydrogen (secondary N) is 1. The van der Waals surface area contributed by atoms with Crippen LogP contribution in [0.4, 0.5) is 0 Å². The number of rotatable bonds is 3. The SMILES string of the molecule is CC1CN(C(=O)CCC2CCNC2)C(C)(C)C1.Cl. The summed E-state index contributed by atoms with van der Waals surface area (Å²) in [6.45, 7) is 9.83. The zero-order valence-electron chi connectivity index (χ0n) is 11.9. The minimum absolute atomic E-state index is 0. The summed E-state index contributed by atoms with van der Waals surface area (Å²) < 4.78 is 0. The molecule has 0 aromatic carbocycles. The maximum absolute atomic E-state index is 12.3. The maximum Gasteiger partial charge on any atom is 0.223 e. The summed E-state index contributed by atoms with van der Waals surface area (Å²) in [5.74, 6) is 1.75. The molecule has 0 aliphatic carbocycles. The molecule has 2 unspecified atom stereocenters. The van der Waals surface area contributed by atoms with Crippen molar-refractivity contribution in [2.24, 2.45) is 11.8 Å². The second-order valence-electron chi connectivity index (χ2n) is 6.52. The fraction of sp³-hybridized carbons (Fsp3) is 0.929. The molecule has 18 heavy (non-hydrogen) atoms. The number of likely N-dealkylation sites (tertiary alicyclic amines) is 1. The van der Waals surface area contributed by atoms with Gasteiger partial charge in [-0.3, -0.25) is 4.79 Å². The third-order valence-corrected chi connectivity index (χ3v) is 4.30. The van der Waals surface area contributed by atoms with E-state index in [0.717, 1.165) is 44.8 Å². The minimum Gasteiger partial charge on any atom is -0.337 e. The Hall–Kier alpha value is -0.280. The van der Waals surface area contributed by atoms with Gasteiger partial charge in [0.2, 0.25) is 5.91 Å². The van der Waals surface area contributed by atoms with E-state index >= 15 is 0 Å². The van der Waals surface area contributed by atoms with Crippen LogP contribution in [0, 0.1) is 11.8 Å². The summed E-state index contributed by atoms with van der Waals surface area (Å²) in [5.41, 5.74) is 0.0738. The molecule has 0 aromatic heterocycles. The van der Waals surface area contributed by atoms with Crippen LogP contribution in [0.5, 0.6) is 0 Å². The van der Waals surface area contributed by atoms with Crippen LogP contribution in [0.2, 0.25) is 0 Å². The first-order valence-corrected chi connectivity index (χ1v) is 7.00. The van der Waals surface area contributed by atoms with Crippen LogP contribution < -0.4 is 5.32 Å². The molecule has 4 heteroatoms. The van der Waals surface area contributed by atoms with Gasteiger partial charge in [0.25, 0.3) is 0 Å². The van der Waals surface area contributed by atoms with Gasteiger partial charge in [-0.25, -0.2) is 0 Å².